The maximum atomic E-state index is 11.7. The standard InChI is InChI=1S/C14H19ClN2O2/c1-19-11-14(18)17-8-6-16(7-9-17)10-12-4-2-3-5-13(12)15/h2-5H,6-11H2,1H3. The number of hydrogen-bond donors (Lipinski definition) is 0. The molecule has 0 bridgehead atoms. The second-order valence-electron chi connectivity index (χ2n) is 4.68. The van der Waals surface area contributed by atoms with Crippen LogP contribution >= 0.6 is 11.6 Å². The summed E-state index contributed by atoms with van der Waals surface area (Å²) in [5.74, 6) is 0.0693. The molecule has 0 atom stereocenters. The van der Waals surface area contributed by atoms with Crippen molar-refractivity contribution in [2.45, 2.75) is 6.54 Å². The van der Waals surface area contributed by atoms with Crippen LogP contribution in [0, 0.1) is 0 Å². The Morgan fingerprint density at radius 2 is 1.95 bits per heavy atom. The molecule has 0 aromatic heterocycles. The molecule has 0 aliphatic carbocycles. The normalized spacial score (nSPS) is 16.6. The third kappa shape index (κ3) is 3.93. The number of ether oxygens (including phenoxy) is 1. The number of hydrogen-bond acceptors (Lipinski definition) is 3. The average Bonchev–Trinajstić information content (AvgIpc) is 2.42. The molecular formula is C14H19ClN2O2. The van der Waals surface area contributed by atoms with E-state index in [1.54, 1.807) is 7.11 Å². The molecule has 4 nitrogen and oxygen atoms in total. The zero-order valence-corrected chi connectivity index (χ0v) is 11.9. The molecule has 1 aliphatic heterocycles. The monoisotopic (exact) mass is 282 g/mol. The van der Waals surface area contributed by atoms with Crippen LogP contribution < -0.4 is 0 Å². The first-order valence-corrected chi connectivity index (χ1v) is 6.81. The van der Waals surface area contributed by atoms with Crippen LogP contribution in [-0.2, 0) is 16.1 Å². The first kappa shape index (κ1) is 14.3. The lowest BCUT2D eigenvalue weighted by Crippen LogP contribution is -2.49. The number of piperazine rings is 1. The van der Waals surface area contributed by atoms with Crippen LogP contribution in [0.3, 0.4) is 0 Å². The highest BCUT2D eigenvalue weighted by Gasteiger charge is 2.21. The van der Waals surface area contributed by atoms with Crippen LogP contribution in [0.15, 0.2) is 24.3 Å². The number of benzene rings is 1. The van der Waals surface area contributed by atoms with Crippen molar-refractivity contribution < 1.29 is 9.53 Å². The molecule has 0 saturated carbocycles. The molecule has 0 radical (unpaired) electrons. The van der Waals surface area contributed by atoms with Gasteiger partial charge < -0.3 is 9.64 Å². The largest absolute Gasteiger partial charge is 0.375 e. The fraction of sp³-hybridized carbons (Fsp3) is 0.500. The van der Waals surface area contributed by atoms with E-state index >= 15 is 0 Å². The van der Waals surface area contributed by atoms with Gasteiger partial charge in [0, 0.05) is 44.9 Å². The molecule has 1 fully saturated rings. The number of amides is 1. The van der Waals surface area contributed by atoms with Gasteiger partial charge >= 0.3 is 0 Å². The minimum atomic E-state index is 0.0693. The summed E-state index contributed by atoms with van der Waals surface area (Å²) in [6.07, 6.45) is 0. The molecule has 2 rings (SSSR count). The topological polar surface area (TPSA) is 32.8 Å². The van der Waals surface area contributed by atoms with Crippen LogP contribution in [0.25, 0.3) is 0 Å². The number of carbonyl (C=O) groups is 1. The Hall–Kier alpha value is -1.10. The van der Waals surface area contributed by atoms with E-state index in [9.17, 15) is 4.79 Å². The second-order valence-corrected chi connectivity index (χ2v) is 5.09. The zero-order chi connectivity index (χ0) is 13.7. The van der Waals surface area contributed by atoms with Gasteiger partial charge in [-0.1, -0.05) is 29.8 Å². The summed E-state index contributed by atoms with van der Waals surface area (Å²) < 4.78 is 4.87. The predicted octanol–water partition coefficient (Wildman–Crippen LogP) is 1.63. The Morgan fingerprint density at radius 3 is 2.58 bits per heavy atom. The van der Waals surface area contributed by atoms with E-state index in [1.165, 1.54) is 0 Å². The zero-order valence-electron chi connectivity index (χ0n) is 11.1. The molecule has 1 aliphatic rings. The highest BCUT2D eigenvalue weighted by Crippen LogP contribution is 2.17. The summed E-state index contributed by atoms with van der Waals surface area (Å²) in [5, 5.41) is 0.806. The van der Waals surface area contributed by atoms with Gasteiger partial charge in [0.1, 0.15) is 6.61 Å². The van der Waals surface area contributed by atoms with Gasteiger partial charge in [0.2, 0.25) is 5.91 Å². The summed E-state index contributed by atoms with van der Waals surface area (Å²) in [5.41, 5.74) is 1.14. The van der Waals surface area contributed by atoms with Gasteiger partial charge in [-0.3, -0.25) is 9.69 Å². The van der Waals surface area contributed by atoms with Crippen molar-refractivity contribution in [3.05, 3.63) is 34.9 Å². The Balaban J connectivity index is 1.84. The fourth-order valence-corrected chi connectivity index (χ4v) is 2.43. The summed E-state index contributed by atoms with van der Waals surface area (Å²) in [7, 11) is 1.55. The number of methoxy groups -OCH3 is 1. The molecule has 0 spiro atoms. The summed E-state index contributed by atoms with van der Waals surface area (Å²) in [6, 6.07) is 7.90. The van der Waals surface area contributed by atoms with E-state index in [-0.39, 0.29) is 12.5 Å². The lowest BCUT2D eigenvalue weighted by molar-refractivity contribution is -0.136. The van der Waals surface area contributed by atoms with Crippen LogP contribution in [0.2, 0.25) is 5.02 Å². The molecule has 1 heterocycles. The second kappa shape index (κ2) is 6.89. The van der Waals surface area contributed by atoms with E-state index in [0.29, 0.717) is 0 Å². The molecule has 5 heteroatoms. The third-order valence-corrected chi connectivity index (χ3v) is 3.71. The van der Waals surface area contributed by atoms with Crippen molar-refractivity contribution in [1.29, 1.82) is 0 Å². The van der Waals surface area contributed by atoms with Crippen molar-refractivity contribution >= 4 is 17.5 Å². The SMILES string of the molecule is COCC(=O)N1CCN(Cc2ccccc2Cl)CC1. The number of carbonyl (C=O) groups excluding carboxylic acids is 1. The minimum absolute atomic E-state index is 0.0693. The van der Waals surface area contributed by atoms with Gasteiger partial charge in [-0.05, 0) is 11.6 Å². The molecule has 0 N–H and O–H groups in total. The van der Waals surface area contributed by atoms with Crippen LogP contribution in [0.1, 0.15) is 5.56 Å². The molecule has 0 unspecified atom stereocenters. The Labute approximate surface area is 118 Å². The van der Waals surface area contributed by atoms with Gasteiger partial charge in [-0.2, -0.15) is 0 Å². The van der Waals surface area contributed by atoms with Crippen molar-refractivity contribution in [2.24, 2.45) is 0 Å². The Bertz CT molecular complexity index is 431. The smallest absolute Gasteiger partial charge is 0.248 e. The van der Waals surface area contributed by atoms with Crippen LogP contribution in [-0.4, -0.2) is 55.6 Å². The fourth-order valence-electron chi connectivity index (χ4n) is 2.24. The molecular weight excluding hydrogens is 264 g/mol. The quantitative estimate of drug-likeness (QED) is 0.841. The van der Waals surface area contributed by atoms with E-state index in [1.807, 2.05) is 29.2 Å². The minimum Gasteiger partial charge on any atom is -0.375 e. The van der Waals surface area contributed by atoms with Crippen molar-refractivity contribution in [3.8, 4) is 0 Å². The lowest BCUT2D eigenvalue weighted by Gasteiger charge is -2.34. The molecule has 19 heavy (non-hydrogen) atoms. The first-order valence-electron chi connectivity index (χ1n) is 6.43. The number of nitrogens with zero attached hydrogens (tertiary/aromatic N) is 2. The first-order chi connectivity index (χ1) is 9.20. The van der Waals surface area contributed by atoms with E-state index in [0.717, 1.165) is 43.3 Å². The maximum absolute atomic E-state index is 11.7. The Morgan fingerprint density at radius 1 is 1.26 bits per heavy atom. The van der Waals surface area contributed by atoms with Gasteiger partial charge in [-0.15, -0.1) is 0 Å². The highest BCUT2D eigenvalue weighted by atomic mass is 35.5. The van der Waals surface area contributed by atoms with Crippen molar-refractivity contribution in [1.82, 2.24) is 9.80 Å². The van der Waals surface area contributed by atoms with Gasteiger partial charge in [0.15, 0.2) is 0 Å². The summed E-state index contributed by atoms with van der Waals surface area (Å²) in [6.45, 7) is 4.27. The number of rotatable bonds is 4. The summed E-state index contributed by atoms with van der Waals surface area (Å²) >= 11 is 6.16. The predicted molar refractivity (Wildman–Crippen MR) is 75.2 cm³/mol. The van der Waals surface area contributed by atoms with Crippen LogP contribution in [0.4, 0.5) is 0 Å². The summed E-state index contributed by atoms with van der Waals surface area (Å²) in [4.78, 5) is 15.8. The average molecular weight is 283 g/mol. The highest BCUT2D eigenvalue weighted by molar-refractivity contribution is 6.31. The molecule has 1 aromatic rings. The maximum Gasteiger partial charge on any atom is 0.248 e. The van der Waals surface area contributed by atoms with Crippen molar-refractivity contribution in [2.75, 3.05) is 39.9 Å². The molecule has 104 valence electrons. The van der Waals surface area contributed by atoms with Gasteiger partial charge in [0.25, 0.3) is 0 Å². The van der Waals surface area contributed by atoms with E-state index < -0.39 is 0 Å². The van der Waals surface area contributed by atoms with Gasteiger partial charge in [-0.25, -0.2) is 0 Å². The molecule has 1 saturated heterocycles. The van der Waals surface area contributed by atoms with Crippen LogP contribution in [0.5, 0.6) is 0 Å². The molecule has 1 amide bonds. The van der Waals surface area contributed by atoms with E-state index in [4.69, 9.17) is 16.3 Å². The number of halogens is 1. The van der Waals surface area contributed by atoms with Gasteiger partial charge in [0.05, 0.1) is 0 Å². The Kier molecular flexibility index (Phi) is 5.19. The lowest BCUT2D eigenvalue weighted by atomic mass is 10.2. The van der Waals surface area contributed by atoms with Crippen molar-refractivity contribution in [3.63, 3.8) is 0 Å². The third-order valence-electron chi connectivity index (χ3n) is 3.34. The molecule has 1 aromatic carbocycles. The van der Waals surface area contributed by atoms with E-state index in [2.05, 4.69) is 4.90 Å².